The molecule has 25 heavy (non-hydrogen) atoms. The van der Waals surface area contributed by atoms with Crippen LogP contribution < -0.4 is 11.1 Å². The van der Waals surface area contributed by atoms with Gasteiger partial charge < -0.3 is 11.1 Å². The van der Waals surface area contributed by atoms with Crippen molar-refractivity contribution in [1.29, 1.82) is 0 Å². The second-order valence-corrected chi connectivity index (χ2v) is 7.88. The van der Waals surface area contributed by atoms with E-state index in [1.165, 1.54) is 24.1 Å². The van der Waals surface area contributed by atoms with E-state index >= 15 is 0 Å². The Morgan fingerprint density at radius 3 is 2.80 bits per heavy atom. The summed E-state index contributed by atoms with van der Waals surface area (Å²) in [7, 11) is 0. The molecule has 130 valence electrons. The first-order chi connectivity index (χ1) is 12.1. The molecule has 0 bridgehead atoms. The molecule has 0 atom stereocenters. The van der Waals surface area contributed by atoms with Gasteiger partial charge in [0.15, 0.2) is 11.5 Å². The van der Waals surface area contributed by atoms with E-state index in [2.05, 4.69) is 15.4 Å². The minimum absolute atomic E-state index is 0.0855. The van der Waals surface area contributed by atoms with Gasteiger partial charge in [0.25, 0.3) is 5.91 Å². The summed E-state index contributed by atoms with van der Waals surface area (Å²) in [5, 5.41) is 7.59. The molecule has 0 saturated heterocycles. The lowest BCUT2D eigenvalue weighted by Gasteiger charge is -2.22. The molecular weight excluding hydrogens is 334 g/mol. The van der Waals surface area contributed by atoms with E-state index < -0.39 is 0 Å². The number of carbonyl (C=O) groups is 1. The van der Waals surface area contributed by atoms with Crippen LogP contribution in [0.15, 0.2) is 24.3 Å². The van der Waals surface area contributed by atoms with E-state index in [9.17, 15) is 4.79 Å². The van der Waals surface area contributed by atoms with Gasteiger partial charge in [-0.15, -0.1) is 16.4 Å². The van der Waals surface area contributed by atoms with Crippen LogP contribution in [-0.4, -0.2) is 26.5 Å². The zero-order valence-corrected chi connectivity index (χ0v) is 15.0. The SMILES string of the molecule is Cc1ccc(-c2nc3cc(C(=O)NC4CCCCC4)cc(N)n3n2)s1. The third kappa shape index (κ3) is 3.24. The normalized spacial score (nSPS) is 15.6. The topological polar surface area (TPSA) is 85.3 Å². The second-order valence-electron chi connectivity index (χ2n) is 6.59. The third-order valence-electron chi connectivity index (χ3n) is 4.63. The molecule has 4 rings (SSSR count). The Hall–Kier alpha value is -2.41. The summed E-state index contributed by atoms with van der Waals surface area (Å²) in [6.07, 6.45) is 5.72. The van der Waals surface area contributed by atoms with Crippen molar-refractivity contribution in [2.24, 2.45) is 0 Å². The molecule has 7 heteroatoms. The Bertz CT molecular complexity index is 923. The fourth-order valence-corrected chi connectivity index (χ4v) is 4.11. The molecule has 0 aromatic carbocycles. The first-order valence-corrected chi connectivity index (χ1v) is 9.46. The molecule has 0 aliphatic heterocycles. The number of carbonyl (C=O) groups excluding carboxylic acids is 1. The number of hydrogen-bond donors (Lipinski definition) is 2. The average Bonchev–Trinajstić information content (AvgIpc) is 3.22. The van der Waals surface area contributed by atoms with Gasteiger partial charge in [-0.25, -0.2) is 4.98 Å². The maximum atomic E-state index is 12.6. The molecule has 1 aliphatic rings. The highest BCUT2D eigenvalue weighted by Crippen LogP contribution is 2.26. The van der Waals surface area contributed by atoms with Crippen molar-refractivity contribution < 1.29 is 4.79 Å². The maximum absolute atomic E-state index is 12.6. The van der Waals surface area contributed by atoms with Crippen molar-refractivity contribution in [3.63, 3.8) is 0 Å². The van der Waals surface area contributed by atoms with E-state index in [0.29, 0.717) is 22.9 Å². The van der Waals surface area contributed by atoms with E-state index in [1.807, 2.05) is 19.1 Å². The second kappa shape index (κ2) is 6.48. The third-order valence-corrected chi connectivity index (χ3v) is 5.62. The van der Waals surface area contributed by atoms with Crippen LogP contribution in [0.2, 0.25) is 0 Å². The highest BCUT2D eigenvalue weighted by atomic mass is 32.1. The van der Waals surface area contributed by atoms with Crippen molar-refractivity contribution in [3.05, 3.63) is 34.7 Å². The van der Waals surface area contributed by atoms with Crippen molar-refractivity contribution in [2.45, 2.75) is 45.1 Å². The molecule has 3 aromatic rings. The Kier molecular flexibility index (Phi) is 4.17. The number of aromatic nitrogens is 3. The van der Waals surface area contributed by atoms with Crippen molar-refractivity contribution in [3.8, 4) is 10.7 Å². The lowest BCUT2D eigenvalue weighted by atomic mass is 9.95. The van der Waals surface area contributed by atoms with Crippen LogP contribution in [0.4, 0.5) is 5.82 Å². The van der Waals surface area contributed by atoms with Gasteiger partial charge in [-0.1, -0.05) is 19.3 Å². The number of rotatable bonds is 3. The molecule has 6 nitrogen and oxygen atoms in total. The van der Waals surface area contributed by atoms with Gasteiger partial charge in [0.1, 0.15) is 5.82 Å². The quantitative estimate of drug-likeness (QED) is 0.754. The zero-order valence-electron chi connectivity index (χ0n) is 14.2. The van der Waals surface area contributed by atoms with Crippen LogP contribution in [0.25, 0.3) is 16.3 Å². The average molecular weight is 355 g/mol. The molecule has 3 N–H and O–H groups in total. The van der Waals surface area contributed by atoms with E-state index in [-0.39, 0.29) is 11.9 Å². The number of nitrogen functional groups attached to an aromatic ring is 1. The summed E-state index contributed by atoms with van der Waals surface area (Å²) in [5.74, 6) is 0.963. The highest BCUT2D eigenvalue weighted by Gasteiger charge is 2.18. The molecule has 0 radical (unpaired) electrons. The molecule has 0 spiro atoms. The standard InChI is InChI=1S/C18H21N5OS/c1-11-7-8-14(25-11)17-21-16-10-12(9-15(19)23(16)22-17)18(24)20-13-5-3-2-4-6-13/h7-10,13H,2-6,19H2,1H3,(H,20,24). The smallest absolute Gasteiger partial charge is 0.251 e. The van der Waals surface area contributed by atoms with Crippen molar-refractivity contribution in [1.82, 2.24) is 19.9 Å². The van der Waals surface area contributed by atoms with Gasteiger partial charge in [-0.05, 0) is 44.0 Å². The minimum Gasteiger partial charge on any atom is -0.384 e. The van der Waals surface area contributed by atoms with Crippen molar-refractivity contribution >= 4 is 28.7 Å². The summed E-state index contributed by atoms with van der Waals surface area (Å²) < 4.78 is 1.59. The number of hydrogen-bond acceptors (Lipinski definition) is 5. The number of anilines is 1. The van der Waals surface area contributed by atoms with E-state index in [4.69, 9.17) is 5.73 Å². The van der Waals surface area contributed by atoms with Gasteiger partial charge in [-0.2, -0.15) is 4.52 Å². The number of nitrogens with two attached hydrogens (primary N) is 1. The molecular formula is C18H21N5OS. The summed E-state index contributed by atoms with van der Waals surface area (Å²) in [4.78, 5) is 19.3. The van der Waals surface area contributed by atoms with Crippen LogP contribution in [0.5, 0.6) is 0 Å². The van der Waals surface area contributed by atoms with Gasteiger partial charge in [-0.3, -0.25) is 4.79 Å². The van der Waals surface area contributed by atoms with Gasteiger partial charge >= 0.3 is 0 Å². The molecule has 3 heterocycles. The van der Waals surface area contributed by atoms with E-state index in [0.717, 1.165) is 17.7 Å². The minimum atomic E-state index is -0.0855. The Balaban J connectivity index is 1.63. The Labute approximate surface area is 150 Å². The number of nitrogens with zero attached hydrogens (tertiary/aromatic N) is 3. The monoisotopic (exact) mass is 355 g/mol. The van der Waals surface area contributed by atoms with Crippen LogP contribution in [0, 0.1) is 6.92 Å². The first kappa shape index (κ1) is 16.1. The summed E-state index contributed by atoms with van der Waals surface area (Å²) in [6.45, 7) is 2.05. The van der Waals surface area contributed by atoms with Gasteiger partial charge in [0.2, 0.25) is 0 Å². The van der Waals surface area contributed by atoms with Gasteiger partial charge in [0, 0.05) is 16.5 Å². The molecule has 3 aromatic heterocycles. The predicted octanol–water partition coefficient (Wildman–Crippen LogP) is 3.41. The van der Waals surface area contributed by atoms with Gasteiger partial charge in [0.05, 0.1) is 4.88 Å². The maximum Gasteiger partial charge on any atom is 0.251 e. The Morgan fingerprint density at radius 2 is 2.08 bits per heavy atom. The lowest BCUT2D eigenvalue weighted by molar-refractivity contribution is 0.0927. The zero-order chi connectivity index (χ0) is 17.4. The molecule has 1 aliphatic carbocycles. The fourth-order valence-electron chi connectivity index (χ4n) is 3.31. The van der Waals surface area contributed by atoms with Crippen LogP contribution in [0.1, 0.15) is 47.3 Å². The predicted molar refractivity (Wildman–Crippen MR) is 99.8 cm³/mol. The number of aryl methyl sites for hydroxylation is 1. The molecule has 1 amide bonds. The highest BCUT2D eigenvalue weighted by molar-refractivity contribution is 7.15. The molecule has 1 saturated carbocycles. The van der Waals surface area contributed by atoms with E-state index in [1.54, 1.807) is 28.0 Å². The number of nitrogens with one attached hydrogen (secondary N) is 1. The summed E-state index contributed by atoms with van der Waals surface area (Å²) in [5.41, 5.74) is 7.24. The number of thiophene rings is 1. The summed E-state index contributed by atoms with van der Waals surface area (Å²) >= 11 is 1.64. The molecule has 0 unspecified atom stereocenters. The van der Waals surface area contributed by atoms with Crippen molar-refractivity contribution in [2.75, 3.05) is 5.73 Å². The fraction of sp³-hybridized carbons (Fsp3) is 0.389. The Morgan fingerprint density at radius 1 is 1.28 bits per heavy atom. The summed E-state index contributed by atoms with van der Waals surface area (Å²) in [6, 6.07) is 7.73. The van der Waals surface area contributed by atoms with Crippen LogP contribution in [0.3, 0.4) is 0 Å². The number of fused-ring (bicyclic) bond motifs is 1. The first-order valence-electron chi connectivity index (χ1n) is 8.64. The lowest BCUT2D eigenvalue weighted by Crippen LogP contribution is -2.36. The van der Waals surface area contributed by atoms with Crippen LogP contribution >= 0.6 is 11.3 Å². The molecule has 1 fully saturated rings. The van der Waals surface area contributed by atoms with Crippen LogP contribution in [-0.2, 0) is 0 Å². The number of pyridine rings is 1. The number of amides is 1. The largest absolute Gasteiger partial charge is 0.384 e.